The van der Waals surface area contributed by atoms with E-state index >= 15 is 0 Å². The maximum Gasteiger partial charge on any atom is 0.272 e. The van der Waals surface area contributed by atoms with Gasteiger partial charge in [-0.05, 0) is 86.1 Å². The molecule has 7 heteroatoms. The molecule has 192 valence electrons. The Bertz CT molecular complexity index is 1330. The van der Waals surface area contributed by atoms with Gasteiger partial charge in [0.2, 0.25) is 0 Å². The van der Waals surface area contributed by atoms with Crippen molar-refractivity contribution in [2.45, 2.75) is 31.6 Å². The minimum Gasteiger partial charge on any atom is -0.368 e. The third-order valence-corrected chi connectivity index (χ3v) is 7.37. The van der Waals surface area contributed by atoms with Gasteiger partial charge in [-0.15, -0.1) is 0 Å². The molecule has 5 nitrogen and oxygen atoms in total. The predicted molar refractivity (Wildman–Crippen MR) is 144 cm³/mol. The summed E-state index contributed by atoms with van der Waals surface area (Å²) >= 11 is 0. The lowest BCUT2D eigenvalue weighted by molar-refractivity contribution is 0.177. The Morgan fingerprint density at radius 1 is 0.946 bits per heavy atom. The first-order valence-corrected chi connectivity index (χ1v) is 13.0. The largest absolute Gasteiger partial charge is 0.368 e. The van der Waals surface area contributed by atoms with Gasteiger partial charge in [0.1, 0.15) is 11.6 Å². The molecule has 1 fully saturated rings. The maximum absolute atomic E-state index is 13.5. The number of nitrogens with one attached hydrogen (secondary N) is 2. The summed E-state index contributed by atoms with van der Waals surface area (Å²) in [6, 6.07) is 20.8. The average Bonchev–Trinajstić information content (AvgIpc) is 2.93. The summed E-state index contributed by atoms with van der Waals surface area (Å²) < 4.78 is 27.0. The van der Waals surface area contributed by atoms with E-state index in [2.05, 4.69) is 20.4 Å². The van der Waals surface area contributed by atoms with Crippen molar-refractivity contribution in [2.75, 3.05) is 31.5 Å². The van der Waals surface area contributed by atoms with Crippen molar-refractivity contribution >= 4 is 16.6 Å². The van der Waals surface area contributed by atoms with E-state index in [1.165, 1.54) is 24.3 Å². The number of rotatable bonds is 9. The van der Waals surface area contributed by atoms with E-state index < -0.39 is 0 Å². The van der Waals surface area contributed by atoms with E-state index in [1.54, 1.807) is 0 Å². The zero-order valence-corrected chi connectivity index (χ0v) is 20.8. The lowest BCUT2D eigenvalue weighted by atomic mass is 9.87. The molecule has 4 aromatic rings. The first kappa shape index (κ1) is 25.1. The fourth-order valence-electron chi connectivity index (χ4n) is 5.45. The normalized spacial score (nSPS) is 16.4. The topological polar surface area (TPSA) is 61.0 Å². The van der Waals surface area contributed by atoms with E-state index in [4.69, 9.17) is 0 Å². The molecule has 37 heavy (non-hydrogen) atoms. The van der Waals surface area contributed by atoms with Crippen LogP contribution < -0.4 is 10.9 Å². The van der Waals surface area contributed by atoms with E-state index in [-0.39, 0.29) is 23.1 Å². The van der Waals surface area contributed by atoms with Crippen LogP contribution in [0.3, 0.4) is 0 Å². The molecule has 3 aromatic carbocycles. The summed E-state index contributed by atoms with van der Waals surface area (Å²) in [5.41, 5.74) is 1.92. The molecule has 0 bridgehead atoms. The second-order valence-electron chi connectivity index (χ2n) is 9.93. The molecule has 1 aliphatic heterocycles. The number of piperidine rings is 1. The molecule has 1 unspecified atom stereocenters. The number of anilines is 1. The van der Waals surface area contributed by atoms with Crippen LogP contribution in [0.4, 0.5) is 14.6 Å². The molecular weight excluding hydrogens is 470 g/mol. The monoisotopic (exact) mass is 502 g/mol. The van der Waals surface area contributed by atoms with Gasteiger partial charge in [-0.3, -0.25) is 4.79 Å². The van der Waals surface area contributed by atoms with Crippen molar-refractivity contribution in [1.29, 1.82) is 0 Å². The molecule has 0 amide bonds. The van der Waals surface area contributed by atoms with Crippen LogP contribution in [-0.4, -0.2) is 41.3 Å². The second kappa shape index (κ2) is 11.6. The first-order chi connectivity index (χ1) is 18.1. The highest BCUT2D eigenvalue weighted by Gasteiger charge is 2.21. The minimum atomic E-state index is -0.250. The third kappa shape index (κ3) is 6.23. The van der Waals surface area contributed by atoms with Crippen molar-refractivity contribution in [3.63, 3.8) is 0 Å². The molecule has 0 saturated carbocycles. The van der Waals surface area contributed by atoms with Crippen molar-refractivity contribution in [1.82, 2.24) is 15.1 Å². The van der Waals surface area contributed by atoms with Crippen LogP contribution in [0, 0.1) is 17.6 Å². The predicted octanol–water partition coefficient (Wildman–Crippen LogP) is 5.94. The molecule has 2 heterocycles. The summed E-state index contributed by atoms with van der Waals surface area (Å²) in [4.78, 5) is 14.6. The van der Waals surface area contributed by atoms with Crippen LogP contribution in [0.1, 0.15) is 42.7 Å². The average molecular weight is 503 g/mol. The molecule has 1 aliphatic rings. The number of halogens is 2. The molecule has 5 rings (SSSR count). The number of fused-ring (bicyclic) bond motifs is 1. The Labute approximate surface area is 215 Å². The zero-order valence-electron chi connectivity index (χ0n) is 20.8. The number of nitrogens with zero attached hydrogens (tertiary/aromatic N) is 2. The maximum atomic E-state index is 13.5. The van der Waals surface area contributed by atoms with Gasteiger partial charge < -0.3 is 10.2 Å². The standard InChI is InChI=1S/C30H32F2N4O/c31-24-13-9-22(10-14-24)26(23-11-15-25(32)16-12-23)8-4-18-36-17-3-5-21(20-36)19-33-29-27-6-1-2-7-28(27)30(37)35-34-29/h1-2,6-7,9-16,21,26H,3-5,8,17-20H2,(H,33,34)(H,35,37). The summed E-state index contributed by atoms with van der Waals surface area (Å²) in [5, 5.41) is 11.8. The molecule has 1 atom stereocenters. The molecule has 0 radical (unpaired) electrons. The van der Waals surface area contributed by atoms with Gasteiger partial charge in [0, 0.05) is 24.4 Å². The zero-order chi connectivity index (χ0) is 25.6. The van der Waals surface area contributed by atoms with Gasteiger partial charge in [-0.1, -0.05) is 42.5 Å². The Balaban J connectivity index is 1.18. The highest BCUT2D eigenvalue weighted by atomic mass is 19.1. The summed E-state index contributed by atoms with van der Waals surface area (Å²) in [6.45, 7) is 3.86. The Morgan fingerprint density at radius 3 is 2.27 bits per heavy atom. The summed E-state index contributed by atoms with van der Waals surface area (Å²) in [7, 11) is 0. The van der Waals surface area contributed by atoms with Crippen LogP contribution in [-0.2, 0) is 0 Å². The Hall–Kier alpha value is -3.58. The Morgan fingerprint density at radius 2 is 1.59 bits per heavy atom. The molecular formula is C30H32F2N4O. The number of likely N-dealkylation sites (tertiary alicyclic amines) is 1. The summed E-state index contributed by atoms with van der Waals surface area (Å²) in [6.07, 6.45) is 4.19. The van der Waals surface area contributed by atoms with Gasteiger partial charge in [-0.2, -0.15) is 5.10 Å². The van der Waals surface area contributed by atoms with Crippen LogP contribution in [0.5, 0.6) is 0 Å². The molecule has 2 N–H and O–H groups in total. The number of hydrogen-bond acceptors (Lipinski definition) is 4. The fraction of sp³-hybridized carbons (Fsp3) is 0.333. The van der Waals surface area contributed by atoms with Gasteiger partial charge in [0.15, 0.2) is 5.82 Å². The highest BCUT2D eigenvalue weighted by Crippen LogP contribution is 2.30. The second-order valence-corrected chi connectivity index (χ2v) is 9.93. The van der Waals surface area contributed by atoms with Gasteiger partial charge in [-0.25, -0.2) is 13.9 Å². The SMILES string of the molecule is O=c1[nH]nc(NCC2CCCN(CCCC(c3ccc(F)cc3)c3ccc(F)cc3)C2)c2ccccc12. The van der Waals surface area contributed by atoms with Gasteiger partial charge in [0.05, 0.1) is 5.39 Å². The van der Waals surface area contributed by atoms with E-state index in [1.807, 2.05) is 48.5 Å². The molecule has 0 spiro atoms. The van der Waals surface area contributed by atoms with Gasteiger partial charge >= 0.3 is 0 Å². The molecule has 1 aromatic heterocycles. The lowest BCUT2D eigenvalue weighted by Gasteiger charge is -2.33. The number of aromatic amines is 1. The van der Waals surface area contributed by atoms with Crippen molar-refractivity contribution in [2.24, 2.45) is 5.92 Å². The van der Waals surface area contributed by atoms with Crippen molar-refractivity contribution in [3.05, 3.63) is 106 Å². The number of benzene rings is 3. The van der Waals surface area contributed by atoms with Crippen LogP contribution in [0.15, 0.2) is 77.6 Å². The minimum absolute atomic E-state index is 0.100. The third-order valence-electron chi connectivity index (χ3n) is 7.37. The van der Waals surface area contributed by atoms with E-state index in [0.29, 0.717) is 17.1 Å². The quantitative estimate of drug-likeness (QED) is 0.298. The van der Waals surface area contributed by atoms with Crippen LogP contribution in [0.2, 0.25) is 0 Å². The molecule has 0 aliphatic carbocycles. The smallest absolute Gasteiger partial charge is 0.272 e. The Kier molecular flexibility index (Phi) is 7.90. The number of aromatic nitrogens is 2. The first-order valence-electron chi connectivity index (χ1n) is 13.0. The van der Waals surface area contributed by atoms with Crippen molar-refractivity contribution in [3.8, 4) is 0 Å². The van der Waals surface area contributed by atoms with Crippen LogP contribution in [0.25, 0.3) is 10.8 Å². The van der Waals surface area contributed by atoms with E-state index in [0.717, 1.165) is 68.4 Å². The fourth-order valence-corrected chi connectivity index (χ4v) is 5.45. The van der Waals surface area contributed by atoms with Crippen molar-refractivity contribution < 1.29 is 8.78 Å². The number of H-pyrrole nitrogens is 1. The highest BCUT2D eigenvalue weighted by molar-refractivity contribution is 5.90. The van der Waals surface area contributed by atoms with Crippen LogP contribution >= 0.6 is 0 Å². The lowest BCUT2D eigenvalue weighted by Crippen LogP contribution is -2.38. The van der Waals surface area contributed by atoms with Gasteiger partial charge in [0.25, 0.3) is 5.56 Å². The number of hydrogen-bond donors (Lipinski definition) is 2. The van der Waals surface area contributed by atoms with E-state index in [9.17, 15) is 13.6 Å². The summed E-state index contributed by atoms with van der Waals surface area (Å²) in [5.74, 6) is 0.808. The molecule has 1 saturated heterocycles.